The van der Waals surface area contributed by atoms with Crippen LogP contribution in [0.4, 0.5) is 10.2 Å². The van der Waals surface area contributed by atoms with Crippen LogP contribution >= 0.6 is 0 Å². The lowest BCUT2D eigenvalue weighted by molar-refractivity contribution is 0.0930. The normalized spacial score (nSPS) is 15.0. The second-order valence-electron chi connectivity index (χ2n) is 8.06. The van der Waals surface area contributed by atoms with Crippen molar-refractivity contribution in [2.75, 3.05) is 5.73 Å². The molecule has 1 aliphatic carbocycles. The van der Waals surface area contributed by atoms with Gasteiger partial charge in [-0.1, -0.05) is 43.5 Å². The van der Waals surface area contributed by atoms with Gasteiger partial charge in [0.2, 0.25) is 0 Å². The van der Waals surface area contributed by atoms with Gasteiger partial charge in [-0.3, -0.25) is 4.79 Å². The number of carbonyl (C=O) groups is 1. The molecule has 2 heterocycles. The summed E-state index contributed by atoms with van der Waals surface area (Å²) < 4.78 is 14.6. The highest BCUT2D eigenvalue weighted by Gasteiger charge is 2.26. The summed E-state index contributed by atoms with van der Waals surface area (Å²) in [6.45, 7) is 0. The van der Waals surface area contributed by atoms with Gasteiger partial charge in [0.05, 0.1) is 17.2 Å². The average Bonchev–Trinajstić information content (AvgIpc) is 3.08. The summed E-state index contributed by atoms with van der Waals surface area (Å²) in [5.41, 5.74) is 9.54. The van der Waals surface area contributed by atoms with Gasteiger partial charge in [0.1, 0.15) is 22.7 Å². The Balaban J connectivity index is 1.61. The van der Waals surface area contributed by atoms with Crippen LogP contribution in [0, 0.1) is 5.82 Å². The molecule has 7 nitrogen and oxygen atoms in total. The Kier molecular flexibility index (Phi) is 5.26. The molecular weight excluding hydrogens is 407 g/mol. The first-order valence-corrected chi connectivity index (χ1v) is 10.8. The first-order chi connectivity index (χ1) is 15.6. The Labute approximate surface area is 184 Å². The van der Waals surface area contributed by atoms with E-state index >= 15 is 0 Å². The molecule has 8 heteroatoms. The average molecular weight is 430 g/mol. The number of carbonyl (C=O) groups excluding carboxylic acids is 1. The number of nitrogen functional groups attached to an aromatic ring is 1. The van der Waals surface area contributed by atoms with Gasteiger partial charge >= 0.3 is 0 Å². The third-order valence-electron chi connectivity index (χ3n) is 5.83. The fraction of sp³-hybridized carbons (Fsp3) is 0.250. The maximum Gasteiger partial charge on any atom is 0.257 e. The van der Waals surface area contributed by atoms with E-state index in [9.17, 15) is 9.18 Å². The molecule has 32 heavy (non-hydrogen) atoms. The van der Waals surface area contributed by atoms with E-state index in [-0.39, 0.29) is 29.1 Å². The van der Waals surface area contributed by atoms with Gasteiger partial charge in [0, 0.05) is 6.04 Å². The van der Waals surface area contributed by atoms with Crippen LogP contribution in [-0.2, 0) is 0 Å². The molecular formula is C24H23FN6O. The van der Waals surface area contributed by atoms with Crippen LogP contribution in [0.3, 0.4) is 0 Å². The number of nitrogens with zero attached hydrogens (tertiary/aromatic N) is 4. The van der Waals surface area contributed by atoms with Gasteiger partial charge in [-0.25, -0.2) is 14.4 Å². The number of fused-ring (bicyclic) bond motifs is 2. The summed E-state index contributed by atoms with van der Waals surface area (Å²) in [5, 5.41) is 7.57. The molecule has 4 aromatic rings. The molecule has 1 amide bonds. The Morgan fingerprint density at radius 2 is 1.75 bits per heavy atom. The molecule has 0 saturated heterocycles. The molecule has 0 aliphatic heterocycles. The van der Waals surface area contributed by atoms with E-state index in [0.29, 0.717) is 27.8 Å². The molecule has 0 radical (unpaired) electrons. The van der Waals surface area contributed by atoms with Crippen molar-refractivity contribution < 1.29 is 9.18 Å². The minimum Gasteiger partial charge on any atom is -0.383 e. The molecule has 2 aromatic heterocycles. The highest BCUT2D eigenvalue weighted by atomic mass is 19.1. The largest absolute Gasteiger partial charge is 0.383 e. The summed E-state index contributed by atoms with van der Waals surface area (Å²) in [6.07, 6.45) is 6.88. The lowest BCUT2D eigenvalue weighted by Gasteiger charge is -2.22. The SMILES string of the molecule is Nc1c(C(=O)NC2CCCCC2)c2nc3ccccc3nc2n1/N=C\c1ccc(F)cc1. The number of halogens is 1. The van der Waals surface area contributed by atoms with E-state index in [2.05, 4.69) is 15.4 Å². The number of hydrogen-bond donors (Lipinski definition) is 2. The van der Waals surface area contributed by atoms with Gasteiger partial charge in [-0.2, -0.15) is 9.78 Å². The Bertz CT molecular complexity index is 1320. The number of nitrogens with one attached hydrogen (secondary N) is 1. The summed E-state index contributed by atoms with van der Waals surface area (Å²) in [7, 11) is 0. The van der Waals surface area contributed by atoms with Crippen molar-refractivity contribution in [2.24, 2.45) is 5.10 Å². The molecule has 162 valence electrons. The van der Waals surface area contributed by atoms with Gasteiger partial charge < -0.3 is 11.1 Å². The van der Waals surface area contributed by atoms with Crippen LogP contribution in [0.2, 0.25) is 0 Å². The minimum atomic E-state index is -0.327. The minimum absolute atomic E-state index is 0.130. The van der Waals surface area contributed by atoms with Gasteiger partial charge in [0.25, 0.3) is 5.91 Å². The Hall–Kier alpha value is -3.81. The molecule has 0 atom stereocenters. The van der Waals surface area contributed by atoms with Crippen LogP contribution < -0.4 is 11.1 Å². The van der Waals surface area contributed by atoms with E-state index in [1.807, 2.05) is 24.3 Å². The summed E-state index contributed by atoms with van der Waals surface area (Å²) >= 11 is 0. The van der Waals surface area contributed by atoms with E-state index in [1.165, 1.54) is 23.2 Å². The molecule has 0 spiro atoms. The number of nitrogens with two attached hydrogens (primary N) is 1. The number of hydrogen-bond acceptors (Lipinski definition) is 5. The maximum absolute atomic E-state index is 13.2. The van der Waals surface area contributed by atoms with Crippen LogP contribution in [0.5, 0.6) is 0 Å². The third-order valence-corrected chi connectivity index (χ3v) is 5.83. The smallest absolute Gasteiger partial charge is 0.257 e. The Morgan fingerprint density at radius 3 is 2.47 bits per heavy atom. The predicted molar refractivity (Wildman–Crippen MR) is 123 cm³/mol. The van der Waals surface area contributed by atoms with Crippen molar-refractivity contribution in [2.45, 2.75) is 38.1 Å². The number of anilines is 1. The molecule has 0 unspecified atom stereocenters. The number of aromatic nitrogens is 3. The van der Waals surface area contributed by atoms with Crippen LogP contribution in [0.15, 0.2) is 53.6 Å². The van der Waals surface area contributed by atoms with E-state index in [1.54, 1.807) is 18.3 Å². The van der Waals surface area contributed by atoms with Crippen molar-refractivity contribution in [1.29, 1.82) is 0 Å². The summed E-state index contributed by atoms with van der Waals surface area (Å²) in [6, 6.07) is 13.5. The summed E-state index contributed by atoms with van der Waals surface area (Å²) in [5.74, 6) is -0.422. The highest BCUT2D eigenvalue weighted by molar-refractivity contribution is 6.10. The van der Waals surface area contributed by atoms with E-state index < -0.39 is 0 Å². The maximum atomic E-state index is 13.2. The second-order valence-corrected chi connectivity index (χ2v) is 8.06. The lowest BCUT2D eigenvalue weighted by atomic mass is 9.95. The van der Waals surface area contributed by atoms with Crippen LogP contribution in [-0.4, -0.2) is 32.8 Å². The van der Waals surface area contributed by atoms with Crippen molar-refractivity contribution in [1.82, 2.24) is 20.0 Å². The number of amides is 1. The number of rotatable bonds is 4. The molecule has 3 N–H and O–H groups in total. The molecule has 1 saturated carbocycles. The van der Waals surface area contributed by atoms with Gasteiger partial charge in [-0.15, -0.1) is 0 Å². The zero-order chi connectivity index (χ0) is 22.1. The highest BCUT2D eigenvalue weighted by Crippen LogP contribution is 2.28. The molecule has 1 fully saturated rings. The Morgan fingerprint density at radius 1 is 1.06 bits per heavy atom. The standard InChI is InChI=1S/C24H23FN6O/c25-16-12-10-15(11-13-16)14-27-31-22(26)20(24(32)28-17-6-2-1-3-7-17)21-23(31)30-19-9-5-4-8-18(19)29-21/h4-5,8-14,17H,1-3,6-7,26H2,(H,28,32)/b27-14-. The predicted octanol–water partition coefficient (Wildman–Crippen LogP) is 4.25. The fourth-order valence-corrected chi connectivity index (χ4v) is 4.17. The van der Waals surface area contributed by atoms with E-state index in [0.717, 1.165) is 25.7 Å². The zero-order valence-electron chi connectivity index (χ0n) is 17.5. The van der Waals surface area contributed by atoms with Crippen molar-refractivity contribution >= 4 is 40.1 Å². The molecule has 0 bridgehead atoms. The monoisotopic (exact) mass is 430 g/mol. The molecule has 1 aliphatic rings. The van der Waals surface area contributed by atoms with Crippen LogP contribution in [0.25, 0.3) is 22.2 Å². The molecule has 2 aromatic carbocycles. The number of benzene rings is 2. The first kappa shape index (κ1) is 20.1. The van der Waals surface area contributed by atoms with Crippen molar-refractivity contribution in [3.05, 3.63) is 65.5 Å². The second kappa shape index (κ2) is 8.37. The van der Waals surface area contributed by atoms with E-state index in [4.69, 9.17) is 10.7 Å². The fourth-order valence-electron chi connectivity index (χ4n) is 4.17. The topological polar surface area (TPSA) is 98.2 Å². The zero-order valence-corrected chi connectivity index (χ0v) is 17.5. The quantitative estimate of drug-likeness (QED) is 0.473. The summed E-state index contributed by atoms with van der Waals surface area (Å²) in [4.78, 5) is 22.6. The lowest BCUT2D eigenvalue weighted by Crippen LogP contribution is -2.36. The number of para-hydroxylation sites is 2. The third kappa shape index (κ3) is 3.79. The molecule has 5 rings (SSSR count). The van der Waals surface area contributed by atoms with Gasteiger partial charge in [0.15, 0.2) is 5.65 Å². The van der Waals surface area contributed by atoms with Gasteiger partial charge in [-0.05, 0) is 42.7 Å². The van der Waals surface area contributed by atoms with Crippen molar-refractivity contribution in [3.8, 4) is 0 Å². The van der Waals surface area contributed by atoms with Crippen LogP contribution in [0.1, 0.15) is 48.0 Å². The first-order valence-electron chi connectivity index (χ1n) is 10.8. The van der Waals surface area contributed by atoms with Crippen molar-refractivity contribution in [3.63, 3.8) is 0 Å².